The fraction of sp³-hybridized carbons (Fsp3) is 0.300. The third-order valence-electron chi connectivity index (χ3n) is 1.97. The normalized spacial score (nSPS) is 12.1. The highest BCUT2D eigenvalue weighted by atomic mass is 16.1. The van der Waals surface area contributed by atoms with Gasteiger partial charge >= 0.3 is 0 Å². The van der Waals surface area contributed by atoms with Crippen LogP contribution in [0.5, 0.6) is 0 Å². The van der Waals surface area contributed by atoms with Gasteiger partial charge in [0, 0.05) is 11.7 Å². The molecule has 0 aliphatic heterocycles. The number of hydrogen-bond donors (Lipinski definition) is 2. The molecule has 0 radical (unpaired) electrons. The van der Waals surface area contributed by atoms with Crippen molar-refractivity contribution < 1.29 is 4.79 Å². The number of amides is 1. The van der Waals surface area contributed by atoms with Crippen molar-refractivity contribution in [1.82, 2.24) is 5.32 Å². The van der Waals surface area contributed by atoms with Gasteiger partial charge in [0.2, 0.25) is 7.85 Å². The van der Waals surface area contributed by atoms with Crippen LogP contribution in [0.25, 0.3) is 0 Å². The lowest BCUT2D eigenvalue weighted by atomic mass is 10.0. The Bertz CT molecular complexity index is 310. The van der Waals surface area contributed by atoms with Crippen LogP contribution in [0, 0.1) is 0 Å². The summed E-state index contributed by atoms with van der Waals surface area (Å²) in [5.74, 6) is 0.00736. The van der Waals surface area contributed by atoms with Crippen LogP contribution in [0.2, 0.25) is 0 Å². The number of rotatable bonds is 3. The van der Waals surface area contributed by atoms with Crippen molar-refractivity contribution >= 4 is 19.3 Å². The van der Waals surface area contributed by atoms with Crippen LogP contribution in [0.1, 0.15) is 12.5 Å². The first-order valence-corrected chi connectivity index (χ1v) is 4.69. The van der Waals surface area contributed by atoms with E-state index in [0.29, 0.717) is 0 Å². The van der Waals surface area contributed by atoms with E-state index < -0.39 is 0 Å². The van der Waals surface area contributed by atoms with Crippen molar-refractivity contribution in [2.45, 2.75) is 19.4 Å². The maximum atomic E-state index is 10.8. The molecule has 0 aliphatic carbocycles. The number of anilines is 1. The third kappa shape index (κ3) is 3.52. The summed E-state index contributed by atoms with van der Waals surface area (Å²) in [5.41, 5.74) is 7.51. The Morgan fingerprint density at radius 3 is 2.57 bits per heavy atom. The van der Waals surface area contributed by atoms with E-state index in [1.165, 1.54) is 13.4 Å². The zero-order valence-corrected chi connectivity index (χ0v) is 8.58. The predicted octanol–water partition coefficient (Wildman–Crippen LogP) is 0.542. The van der Waals surface area contributed by atoms with Gasteiger partial charge < -0.3 is 11.1 Å². The van der Waals surface area contributed by atoms with E-state index in [-0.39, 0.29) is 11.8 Å². The molecule has 0 fully saturated rings. The van der Waals surface area contributed by atoms with Gasteiger partial charge in [-0.2, -0.15) is 0 Å². The van der Waals surface area contributed by atoms with E-state index in [9.17, 15) is 4.79 Å². The van der Waals surface area contributed by atoms with Gasteiger partial charge in [-0.15, -0.1) is 0 Å². The highest BCUT2D eigenvalue weighted by molar-refractivity contribution is 6.57. The Morgan fingerprint density at radius 2 is 2.07 bits per heavy atom. The molecule has 4 heteroatoms. The van der Waals surface area contributed by atoms with Gasteiger partial charge in [0.05, 0.1) is 0 Å². The Labute approximate surface area is 85.1 Å². The highest BCUT2D eigenvalue weighted by Crippen LogP contribution is 2.07. The van der Waals surface area contributed by atoms with E-state index in [2.05, 4.69) is 5.32 Å². The number of hydrogen-bond acceptors (Lipinski definition) is 2. The van der Waals surface area contributed by atoms with Gasteiger partial charge in [-0.1, -0.05) is 12.1 Å². The van der Waals surface area contributed by atoms with E-state index in [4.69, 9.17) is 5.73 Å². The topological polar surface area (TPSA) is 55.1 Å². The molecule has 1 aromatic carbocycles. The fourth-order valence-electron chi connectivity index (χ4n) is 1.41. The first-order valence-electron chi connectivity index (χ1n) is 4.69. The molecular formula is C10H15BN2O. The molecule has 0 bridgehead atoms. The molecule has 3 nitrogen and oxygen atoms in total. The second-order valence-corrected chi connectivity index (χ2v) is 3.55. The Hall–Kier alpha value is -1.45. The molecule has 0 spiro atoms. The fourth-order valence-corrected chi connectivity index (χ4v) is 1.41. The number of nitrogen functional groups attached to an aromatic ring is 1. The van der Waals surface area contributed by atoms with Crippen LogP contribution < -0.4 is 11.1 Å². The maximum Gasteiger partial charge on any atom is 0.215 e. The van der Waals surface area contributed by atoms with E-state index in [1.54, 1.807) is 0 Å². The smallest absolute Gasteiger partial charge is 0.215 e. The van der Waals surface area contributed by atoms with Crippen molar-refractivity contribution in [3.8, 4) is 0 Å². The van der Waals surface area contributed by atoms with Crippen molar-refractivity contribution in [3.63, 3.8) is 0 Å². The molecule has 14 heavy (non-hydrogen) atoms. The highest BCUT2D eigenvalue weighted by Gasteiger charge is 2.03. The van der Waals surface area contributed by atoms with Crippen LogP contribution in [-0.2, 0) is 6.42 Å². The second kappa shape index (κ2) is 4.70. The van der Waals surface area contributed by atoms with Crippen LogP contribution in [0.4, 0.5) is 10.5 Å². The molecular weight excluding hydrogens is 175 g/mol. The molecule has 0 aromatic heterocycles. The summed E-state index contributed by atoms with van der Waals surface area (Å²) >= 11 is 0. The average Bonchev–Trinajstić information content (AvgIpc) is 2.07. The first kappa shape index (κ1) is 10.6. The molecule has 1 amide bonds. The van der Waals surface area contributed by atoms with Crippen LogP contribution in [-0.4, -0.2) is 19.7 Å². The second-order valence-electron chi connectivity index (χ2n) is 3.55. The third-order valence-corrected chi connectivity index (χ3v) is 1.97. The largest absolute Gasteiger partial charge is 0.399 e. The monoisotopic (exact) mass is 190 g/mol. The van der Waals surface area contributed by atoms with Crippen LogP contribution in [0.3, 0.4) is 0 Å². The van der Waals surface area contributed by atoms with Crippen molar-refractivity contribution in [2.75, 3.05) is 5.73 Å². The lowest BCUT2D eigenvalue weighted by molar-refractivity contribution is 0.257. The van der Waals surface area contributed by atoms with Crippen molar-refractivity contribution in [3.05, 3.63) is 29.8 Å². The minimum Gasteiger partial charge on any atom is -0.399 e. The Balaban J connectivity index is 2.51. The van der Waals surface area contributed by atoms with Gasteiger partial charge in [-0.3, -0.25) is 4.79 Å². The lowest BCUT2D eigenvalue weighted by Crippen LogP contribution is -2.32. The molecule has 0 aliphatic rings. The average molecular weight is 190 g/mol. The number of nitrogens with one attached hydrogen (secondary N) is 1. The summed E-state index contributed by atoms with van der Waals surface area (Å²) in [5, 5.41) is 2.84. The van der Waals surface area contributed by atoms with E-state index >= 15 is 0 Å². The molecule has 0 saturated heterocycles. The zero-order chi connectivity index (χ0) is 10.6. The molecule has 0 saturated carbocycles. The molecule has 74 valence electrons. The molecule has 3 N–H and O–H groups in total. The number of nitrogens with two attached hydrogens (primary N) is 1. The standard InChI is InChI=1S/C10H15BN2O/c1-7(13-10(11)14)6-8-2-4-9(12)5-3-8/h2-5,7H,6,11-12H2,1H3,(H,13,14)/t7-/m1/s1. The Kier molecular flexibility index (Phi) is 3.57. The van der Waals surface area contributed by atoms with Gasteiger partial charge in [0.15, 0.2) is 5.81 Å². The minimum atomic E-state index is 0.00736. The Morgan fingerprint density at radius 1 is 1.50 bits per heavy atom. The van der Waals surface area contributed by atoms with Gasteiger partial charge in [0.1, 0.15) is 0 Å². The summed E-state index contributed by atoms with van der Waals surface area (Å²) in [6, 6.07) is 7.86. The van der Waals surface area contributed by atoms with Crippen molar-refractivity contribution in [1.29, 1.82) is 0 Å². The van der Waals surface area contributed by atoms with Crippen LogP contribution in [0.15, 0.2) is 24.3 Å². The molecule has 0 unspecified atom stereocenters. The number of benzene rings is 1. The molecule has 0 heterocycles. The summed E-state index contributed by atoms with van der Waals surface area (Å²) in [7, 11) is 1.53. The van der Waals surface area contributed by atoms with E-state index in [1.807, 2.05) is 31.2 Å². The van der Waals surface area contributed by atoms with Crippen LogP contribution >= 0.6 is 0 Å². The van der Waals surface area contributed by atoms with Gasteiger partial charge in [-0.25, -0.2) is 0 Å². The van der Waals surface area contributed by atoms with Gasteiger partial charge in [-0.05, 0) is 31.0 Å². The summed E-state index contributed by atoms with van der Waals surface area (Å²) < 4.78 is 0. The maximum absolute atomic E-state index is 10.8. The molecule has 1 aromatic rings. The minimum absolute atomic E-state index is 0.00736. The summed E-state index contributed by atoms with van der Waals surface area (Å²) in [6.07, 6.45) is 0.833. The lowest BCUT2D eigenvalue weighted by Gasteiger charge is -2.12. The predicted molar refractivity (Wildman–Crippen MR) is 61.1 cm³/mol. The summed E-state index contributed by atoms with van der Waals surface area (Å²) in [6.45, 7) is 1.98. The van der Waals surface area contributed by atoms with E-state index in [0.717, 1.165) is 12.1 Å². The molecule has 1 atom stereocenters. The SMILES string of the molecule is BC(=O)N[C@H](C)Cc1ccc(N)cc1. The van der Waals surface area contributed by atoms with Crippen molar-refractivity contribution in [2.24, 2.45) is 0 Å². The zero-order valence-electron chi connectivity index (χ0n) is 8.58. The summed E-state index contributed by atoms with van der Waals surface area (Å²) in [4.78, 5) is 10.8. The first-order chi connectivity index (χ1) is 6.58. The quantitative estimate of drug-likeness (QED) is 0.539. The van der Waals surface area contributed by atoms with Gasteiger partial charge in [0.25, 0.3) is 0 Å². The number of carbonyl (C=O) groups is 1. The number of carbonyl (C=O) groups excluding carboxylic acids is 1. The molecule has 1 rings (SSSR count).